The molecule has 5 nitrogen and oxygen atoms in total. The van der Waals surface area contributed by atoms with E-state index in [4.69, 9.17) is 0 Å². The normalized spacial score (nSPS) is 10.7. The number of hydrogen-bond acceptors (Lipinski definition) is 5. The molecular weight excluding hydrogens is 270 g/mol. The molecule has 3 aromatic rings. The van der Waals surface area contributed by atoms with Gasteiger partial charge in [-0.3, -0.25) is 4.57 Å². The monoisotopic (exact) mass is 285 g/mol. The van der Waals surface area contributed by atoms with Crippen LogP contribution >= 0.6 is 11.3 Å². The van der Waals surface area contributed by atoms with Crippen molar-refractivity contribution in [3.8, 4) is 5.82 Å². The van der Waals surface area contributed by atoms with E-state index in [0.717, 1.165) is 28.8 Å². The first-order chi connectivity index (χ1) is 9.72. The molecule has 0 atom stereocenters. The van der Waals surface area contributed by atoms with Crippen LogP contribution in [0.5, 0.6) is 0 Å². The molecular formula is C14H15N5S. The van der Waals surface area contributed by atoms with Crippen molar-refractivity contribution < 1.29 is 0 Å². The molecule has 6 heteroatoms. The van der Waals surface area contributed by atoms with E-state index in [9.17, 15) is 0 Å². The summed E-state index contributed by atoms with van der Waals surface area (Å²) in [6, 6.07) is 3.99. The van der Waals surface area contributed by atoms with Crippen molar-refractivity contribution in [1.82, 2.24) is 19.5 Å². The van der Waals surface area contributed by atoms with E-state index < -0.39 is 0 Å². The highest BCUT2D eigenvalue weighted by Crippen LogP contribution is 2.19. The summed E-state index contributed by atoms with van der Waals surface area (Å²) >= 11 is 1.73. The zero-order chi connectivity index (χ0) is 13.9. The van der Waals surface area contributed by atoms with E-state index in [1.165, 1.54) is 4.88 Å². The predicted octanol–water partition coefficient (Wildman–Crippen LogP) is 2.95. The van der Waals surface area contributed by atoms with Crippen molar-refractivity contribution in [3.05, 3.63) is 52.6 Å². The highest BCUT2D eigenvalue weighted by molar-refractivity contribution is 7.11. The lowest BCUT2D eigenvalue weighted by Crippen LogP contribution is -2.01. The summed E-state index contributed by atoms with van der Waals surface area (Å²) in [6.45, 7) is 4.85. The van der Waals surface area contributed by atoms with Crippen molar-refractivity contribution in [2.24, 2.45) is 0 Å². The minimum atomic E-state index is 0.781. The van der Waals surface area contributed by atoms with Crippen LogP contribution in [0, 0.1) is 13.8 Å². The third-order valence-corrected chi connectivity index (χ3v) is 4.04. The van der Waals surface area contributed by atoms with E-state index in [-0.39, 0.29) is 0 Å². The van der Waals surface area contributed by atoms with Crippen LogP contribution in [-0.4, -0.2) is 19.5 Å². The summed E-state index contributed by atoms with van der Waals surface area (Å²) in [7, 11) is 0. The third kappa shape index (κ3) is 2.70. The van der Waals surface area contributed by atoms with Crippen LogP contribution < -0.4 is 5.32 Å². The molecule has 3 aromatic heterocycles. The van der Waals surface area contributed by atoms with Crippen molar-refractivity contribution in [1.29, 1.82) is 0 Å². The first-order valence-electron chi connectivity index (χ1n) is 6.33. The quantitative estimate of drug-likeness (QED) is 0.800. The number of aryl methyl sites for hydroxylation is 2. The highest BCUT2D eigenvalue weighted by atomic mass is 32.1. The number of imidazole rings is 1. The van der Waals surface area contributed by atoms with Crippen LogP contribution in [0.25, 0.3) is 5.82 Å². The number of rotatable bonds is 4. The van der Waals surface area contributed by atoms with Crippen molar-refractivity contribution in [2.75, 3.05) is 5.32 Å². The van der Waals surface area contributed by atoms with E-state index in [1.807, 2.05) is 42.9 Å². The zero-order valence-electron chi connectivity index (χ0n) is 11.4. The summed E-state index contributed by atoms with van der Waals surface area (Å²) in [5.41, 5.74) is 2.10. The molecule has 0 fully saturated rings. The number of thiazole rings is 1. The lowest BCUT2D eigenvalue weighted by Gasteiger charge is -2.06. The summed E-state index contributed by atoms with van der Waals surface area (Å²) in [5, 5.41) is 4.48. The number of hydrogen-bond donors (Lipinski definition) is 1. The van der Waals surface area contributed by atoms with Gasteiger partial charge in [-0.1, -0.05) is 0 Å². The van der Waals surface area contributed by atoms with Gasteiger partial charge in [-0.25, -0.2) is 15.0 Å². The summed E-state index contributed by atoms with van der Waals surface area (Å²) in [6.07, 6.45) is 7.18. The molecule has 0 radical (unpaired) electrons. The first kappa shape index (κ1) is 12.8. The first-order valence-corrected chi connectivity index (χ1v) is 7.15. The molecule has 0 aliphatic rings. The topological polar surface area (TPSA) is 55.6 Å². The van der Waals surface area contributed by atoms with E-state index >= 15 is 0 Å². The van der Waals surface area contributed by atoms with Crippen molar-refractivity contribution in [3.63, 3.8) is 0 Å². The Hall–Kier alpha value is -2.21. The van der Waals surface area contributed by atoms with Gasteiger partial charge >= 0.3 is 0 Å². The number of pyridine rings is 1. The maximum absolute atomic E-state index is 4.42. The van der Waals surface area contributed by atoms with Crippen LogP contribution in [0.3, 0.4) is 0 Å². The predicted molar refractivity (Wildman–Crippen MR) is 80.3 cm³/mol. The average Bonchev–Trinajstić information content (AvgIpc) is 3.07. The smallest absolute Gasteiger partial charge is 0.137 e. The second kappa shape index (κ2) is 5.42. The minimum Gasteiger partial charge on any atom is -0.379 e. The summed E-state index contributed by atoms with van der Waals surface area (Å²) in [4.78, 5) is 14.1. The lowest BCUT2D eigenvalue weighted by atomic mass is 10.3. The van der Waals surface area contributed by atoms with Crippen molar-refractivity contribution >= 4 is 17.0 Å². The molecule has 0 aromatic carbocycles. The van der Waals surface area contributed by atoms with E-state index in [2.05, 4.69) is 20.3 Å². The fourth-order valence-electron chi connectivity index (χ4n) is 1.96. The van der Waals surface area contributed by atoms with Gasteiger partial charge < -0.3 is 5.32 Å². The van der Waals surface area contributed by atoms with Gasteiger partial charge in [-0.2, -0.15) is 0 Å². The van der Waals surface area contributed by atoms with Gasteiger partial charge in [-0.15, -0.1) is 11.3 Å². The number of aromatic nitrogens is 4. The Morgan fingerprint density at radius 1 is 1.30 bits per heavy atom. The molecule has 0 amide bonds. The largest absolute Gasteiger partial charge is 0.379 e. The van der Waals surface area contributed by atoms with Crippen LogP contribution in [0.1, 0.15) is 15.6 Å². The molecule has 0 saturated heterocycles. The summed E-state index contributed by atoms with van der Waals surface area (Å²) < 4.78 is 1.88. The highest BCUT2D eigenvalue weighted by Gasteiger charge is 2.04. The van der Waals surface area contributed by atoms with Gasteiger partial charge in [0, 0.05) is 17.3 Å². The van der Waals surface area contributed by atoms with Crippen LogP contribution in [0.15, 0.2) is 37.1 Å². The van der Waals surface area contributed by atoms with Gasteiger partial charge in [0.05, 0.1) is 29.1 Å². The molecule has 3 rings (SSSR count). The number of nitrogens with zero attached hydrogens (tertiary/aromatic N) is 4. The van der Waals surface area contributed by atoms with Crippen molar-refractivity contribution in [2.45, 2.75) is 20.4 Å². The molecule has 0 aliphatic heterocycles. The fraction of sp³-hybridized carbons (Fsp3) is 0.214. The van der Waals surface area contributed by atoms with Crippen LogP contribution in [0.2, 0.25) is 0 Å². The van der Waals surface area contributed by atoms with Gasteiger partial charge in [0.1, 0.15) is 12.1 Å². The Balaban J connectivity index is 1.68. The Morgan fingerprint density at radius 2 is 2.20 bits per heavy atom. The van der Waals surface area contributed by atoms with Crippen LogP contribution in [-0.2, 0) is 6.54 Å². The zero-order valence-corrected chi connectivity index (χ0v) is 12.2. The van der Waals surface area contributed by atoms with Crippen LogP contribution in [0.4, 0.5) is 5.69 Å². The Kier molecular flexibility index (Phi) is 3.47. The van der Waals surface area contributed by atoms with E-state index in [0.29, 0.717) is 0 Å². The fourth-order valence-corrected chi connectivity index (χ4v) is 2.83. The van der Waals surface area contributed by atoms with Gasteiger partial charge in [0.2, 0.25) is 0 Å². The third-order valence-electron chi connectivity index (χ3n) is 2.97. The second-order valence-corrected chi connectivity index (χ2v) is 5.76. The Labute approximate surface area is 121 Å². The molecule has 0 saturated carbocycles. The minimum absolute atomic E-state index is 0.781. The molecule has 0 unspecified atom stereocenters. The molecule has 1 N–H and O–H groups in total. The standard InChI is InChI=1S/C14H15N5S/c1-10-13(20-11(2)18-10)8-16-12-3-4-14(17-7-12)19-6-5-15-9-19/h3-7,9,16H,8H2,1-2H3. The molecule has 3 heterocycles. The Morgan fingerprint density at radius 3 is 2.80 bits per heavy atom. The molecule has 0 aliphatic carbocycles. The maximum Gasteiger partial charge on any atom is 0.137 e. The Bertz CT molecular complexity index is 685. The van der Waals surface area contributed by atoms with E-state index in [1.54, 1.807) is 23.9 Å². The molecule has 0 bridgehead atoms. The molecule has 0 spiro atoms. The van der Waals surface area contributed by atoms with Gasteiger partial charge in [0.25, 0.3) is 0 Å². The van der Waals surface area contributed by atoms with Gasteiger partial charge in [-0.05, 0) is 26.0 Å². The molecule has 20 heavy (non-hydrogen) atoms. The lowest BCUT2D eigenvalue weighted by molar-refractivity contribution is 0.990. The second-order valence-electron chi connectivity index (χ2n) is 4.47. The maximum atomic E-state index is 4.42. The summed E-state index contributed by atoms with van der Waals surface area (Å²) in [5.74, 6) is 0.859. The number of anilines is 1. The molecule has 102 valence electrons. The number of nitrogens with one attached hydrogen (secondary N) is 1. The van der Waals surface area contributed by atoms with Gasteiger partial charge in [0.15, 0.2) is 0 Å². The average molecular weight is 285 g/mol. The SMILES string of the molecule is Cc1nc(C)c(CNc2ccc(-n3ccnc3)nc2)s1.